The quantitative estimate of drug-likeness (QED) is 0.662. The Labute approximate surface area is 115 Å². The predicted molar refractivity (Wildman–Crippen MR) is 74.7 cm³/mol. The largest absolute Gasteiger partial charge is 0.382 e. The van der Waals surface area contributed by atoms with Crippen LogP contribution in [0.25, 0.3) is 0 Å². The van der Waals surface area contributed by atoms with E-state index < -0.39 is 0 Å². The summed E-state index contributed by atoms with van der Waals surface area (Å²) in [6.07, 6.45) is 1.94. The number of ether oxygens (including phenoxy) is 2. The molecule has 19 heavy (non-hydrogen) atoms. The van der Waals surface area contributed by atoms with E-state index in [1.807, 2.05) is 12.1 Å². The van der Waals surface area contributed by atoms with E-state index in [0.29, 0.717) is 13.2 Å². The SMILES string of the molecule is CCC(NCCCOCCOC)c1ccc(F)cc1. The molecule has 0 saturated carbocycles. The van der Waals surface area contributed by atoms with Crippen molar-refractivity contribution in [2.45, 2.75) is 25.8 Å². The lowest BCUT2D eigenvalue weighted by atomic mass is 10.0. The van der Waals surface area contributed by atoms with E-state index in [1.54, 1.807) is 7.11 Å². The first-order valence-corrected chi connectivity index (χ1v) is 6.83. The molecule has 0 fully saturated rings. The van der Waals surface area contributed by atoms with Crippen molar-refractivity contribution in [2.24, 2.45) is 0 Å². The maximum absolute atomic E-state index is 12.9. The van der Waals surface area contributed by atoms with Gasteiger partial charge in [0.05, 0.1) is 13.2 Å². The zero-order valence-electron chi connectivity index (χ0n) is 11.8. The van der Waals surface area contributed by atoms with Crippen LogP contribution in [0.15, 0.2) is 24.3 Å². The Kier molecular flexibility index (Phi) is 8.38. The van der Waals surface area contributed by atoms with Crippen LogP contribution in [-0.2, 0) is 9.47 Å². The Morgan fingerprint density at radius 2 is 1.89 bits per heavy atom. The van der Waals surface area contributed by atoms with Gasteiger partial charge in [-0.25, -0.2) is 4.39 Å². The van der Waals surface area contributed by atoms with Gasteiger partial charge in [-0.1, -0.05) is 19.1 Å². The normalized spacial score (nSPS) is 12.6. The van der Waals surface area contributed by atoms with E-state index in [0.717, 1.165) is 31.6 Å². The minimum absolute atomic E-state index is 0.190. The monoisotopic (exact) mass is 269 g/mol. The fraction of sp³-hybridized carbons (Fsp3) is 0.600. The van der Waals surface area contributed by atoms with Gasteiger partial charge in [-0.15, -0.1) is 0 Å². The van der Waals surface area contributed by atoms with Gasteiger partial charge >= 0.3 is 0 Å². The van der Waals surface area contributed by atoms with Crippen molar-refractivity contribution in [3.8, 4) is 0 Å². The molecule has 0 spiro atoms. The summed E-state index contributed by atoms with van der Waals surface area (Å²) < 4.78 is 23.2. The predicted octanol–water partition coefficient (Wildman–Crippen LogP) is 2.92. The molecule has 1 aromatic carbocycles. The number of nitrogens with one attached hydrogen (secondary N) is 1. The number of rotatable bonds is 10. The summed E-state index contributed by atoms with van der Waals surface area (Å²) in [5.74, 6) is -0.190. The van der Waals surface area contributed by atoms with Gasteiger partial charge in [0.1, 0.15) is 5.82 Å². The number of hydrogen-bond donors (Lipinski definition) is 1. The lowest BCUT2D eigenvalue weighted by Gasteiger charge is -2.17. The maximum atomic E-state index is 12.9. The van der Waals surface area contributed by atoms with Crippen molar-refractivity contribution in [2.75, 3.05) is 33.5 Å². The molecule has 0 aliphatic carbocycles. The van der Waals surface area contributed by atoms with Gasteiger partial charge in [-0.2, -0.15) is 0 Å². The van der Waals surface area contributed by atoms with Gasteiger partial charge in [0.25, 0.3) is 0 Å². The molecule has 0 aliphatic heterocycles. The summed E-state index contributed by atoms with van der Waals surface area (Å²) in [6, 6.07) is 6.97. The molecule has 0 amide bonds. The van der Waals surface area contributed by atoms with Crippen molar-refractivity contribution < 1.29 is 13.9 Å². The Hall–Kier alpha value is -0.970. The van der Waals surface area contributed by atoms with Crippen LogP contribution < -0.4 is 5.32 Å². The molecule has 108 valence electrons. The molecule has 0 heterocycles. The lowest BCUT2D eigenvalue weighted by Crippen LogP contribution is -2.23. The van der Waals surface area contributed by atoms with Gasteiger partial charge in [0.2, 0.25) is 0 Å². The van der Waals surface area contributed by atoms with Crippen LogP contribution in [0.3, 0.4) is 0 Å². The summed E-state index contributed by atoms with van der Waals surface area (Å²) >= 11 is 0. The molecule has 1 unspecified atom stereocenters. The molecule has 1 atom stereocenters. The van der Waals surface area contributed by atoms with Crippen molar-refractivity contribution in [1.29, 1.82) is 0 Å². The molecule has 0 aromatic heterocycles. The number of hydrogen-bond acceptors (Lipinski definition) is 3. The Balaban J connectivity index is 2.20. The first kappa shape index (κ1) is 16.1. The van der Waals surface area contributed by atoms with Crippen LogP contribution in [-0.4, -0.2) is 33.5 Å². The topological polar surface area (TPSA) is 30.5 Å². The first-order valence-electron chi connectivity index (χ1n) is 6.83. The van der Waals surface area contributed by atoms with Crippen LogP contribution in [0.1, 0.15) is 31.4 Å². The fourth-order valence-corrected chi connectivity index (χ4v) is 1.89. The molecule has 1 aromatic rings. The molecule has 1 N–H and O–H groups in total. The van der Waals surface area contributed by atoms with E-state index >= 15 is 0 Å². The van der Waals surface area contributed by atoms with Gasteiger partial charge < -0.3 is 14.8 Å². The zero-order valence-corrected chi connectivity index (χ0v) is 11.8. The Morgan fingerprint density at radius 3 is 2.53 bits per heavy atom. The van der Waals surface area contributed by atoms with Crippen LogP contribution in [0.4, 0.5) is 4.39 Å². The molecule has 0 aliphatic rings. The number of benzene rings is 1. The zero-order chi connectivity index (χ0) is 13.9. The molecule has 4 heteroatoms. The number of methoxy groups -OCH3 is 1. The minimum Gasteiger partial charge on any atom is -0.382 e. The van der Waals surface area contributed by atoms with Crippen molar-refractivity contribution in [3.63, 3.8) is 0 Å². The van der Waals surface area contributed by atoms with E-state index in [9.17, 15) is 4.39 Å². The van der Waals surface area contributed by atoms with Gasteiger partial charge in [-0.05, 0) is 37.1 Å². The third kappa shape index (κ3) is 6.66. The summed E-state index contributed by atoms with van der Waals surface area (Å²) in [4.78, 5) is 0. The first-order chi connectivity index (χ1) is 9.27. The van der Waals surface area contributed by atoms with Crippen LogP contribution >= 0.6 is 0 Å². The second-order valence-corrected chi connectivity index (χ2v) is 4.43. The highest BCUT2D eigenvalue weighted by atomic mass is 19.1. The third-order valence-corrected chi connectivity index (χ3v) is 2.97. The van der Waals surface area contributed by atoms with E-state index in [1.165, 1.54) is 12.1 Å². The molecule has 0 saturated heterocycles. The van der Waals surface area contributed by atoms with Crippen LogP contribution in [0.2, 0.25) is 0 Å². The van der Waals surface area contributed by atoms with Crippen molar-refractivity contribution >= 4 is 0 Å². The van der Waals surface area contributed by atoms with Crippen LogP contribution in [0, 0.1) is 5.82 Å². The number of halogens is 1. The fourth-order valence-electron chi connectivity index (χ4n) is 1.89. The molecule has 3 nitrogen and oxygen atoms in total. The summed E-state index contributed by atoms with van der Waals surface area (Å²) in [5.41, 5.74) is 1.13. The second-order valence-electron chi connectivity index (χ2n) is 4.43. The van der Waals surface area contributed by atoms with Gasteiger partial charge in [0.15, 0.2) is 0 Å². The second kappa shape index (κ2) is 9.89. The molecular formula is C15H24FNO2. The molecule has 0 radical (unpaired) electrons. The third-order valence-electron chi connectivity index (χ3n) is 2.97. The van der Waals surface area contributed by atoms with E-state index in [-0.39, 0.29) is 11.9 Å². The lowest BCUT2D eigenvalue weighted by molar-refractivity contribution is 0.0692. The summed E-state index contributed by atoms with van der Waals surface area (Å²) in [6.45, 7) is 5.03. The average molecular weight is 269 g/mol. The minimum atomic E-state index is -0.190. The Bertz CT molecular complexity index is 329. The van der Waals surface area contributed by atoms with E-state index in [4.69, 9.17) is 9.47 Å². The van der Waals surface area contributed by atoms with Gasteiger partial charge in [0, 0.05) is 19.8 Å². The summed E-state index contributed by atoms with van der Waals surface area (Å²) in [7, 11) is 1.67. The van der Waals surface area contributed by atoms with E-state index in [2.05, 4.69) is 12.2 Å². The summed E-state index contributed by atoms with van der Waals surface area (Å²) in [5, 5.41) is 3.46. The standard InChI is InChI=1S/C15H24FNO2/c1-3-15(13-5-7-14(16)8-6-13)17-9-4-10-19-12-11-18-2/h5-8,15,17H,3-4,9-12H2,1-2H3. The maximum Gasteiger partial charge on any atom is 0.123 e. The van der Waals surface area contributed by atoms with Crippen LogP contribution in [0.5, 0.6) is 0 Å². The molecular weight excluding hydrogens is 245 g/mol. The smallest absolute Gasteiger partial charge is 0.123 e. The molecule has 1 rings (SSSR count). The Morgan fingerprint density at radius 1 is 1.16 bits per heavy atom. The van der Waals surface area contributed by atoms with Gasteiger partial charge in [-0.3, -0.25) is 0 Å². The highest BCUT2D eigenvalue weighted by molar-refractivity contribution is 5.19. The highest BCUT2D eigenvalue weighted by Gasteiger charge is 2.07. The highest BCUT2D eigenvalue weighted by Crippen LogP contribution is 2.16. The molecule has 0 bridgehead atoms. The average Bonchev–Trinajstić information content (AvgIpc) is 2.43. The van der Waals surface area contributed by atoms with Crippen molar-refractivity contribution in [1.82, 2.24) is 5.32 Å². The van der Waals surface area contributed by atoms with Crippen molar-refractivity contribution in [3.05, 3.63) is 35.6 Å².